The van der Waals surface area contributed by atoms with E-state index in [9.17, 15) is 4.79 Å². The van der Waals surface area contributed by atoms with Crippen LogP contribution in [0.1, 0.15) is 12.7 Å². The van der Waals surface area contributed by atoms with Gasteiger partial charge in [-0.25, -0.2) is 9.78 Å². The number of aromatic nitrogens is 1. The Hall–Kier alpha value is -2.52. The summed E-state index contributed by atoms with van der Waals surface area (Å²) in [5.74, 6) is -0.242. The van der Waals surface area contributed by atoms with Gasteiger partial charge >= 0.3 is 5.97 Å². The van der Waals surface area contributed by atoms with Gasteiger partial charge in [0.25, 0.3) is 0 Å². The smallest absolute Gasteiger partial charge is 0.349 e. The van der Waals surface area contributed by atoms with Gasteiger partial charge in [-0.05, 0) is 43.0 Å². The van der Waals surface area contributed by atoms with Crippen molar-refractivity contribution >= 4 is 23.8 Å². The Labute approximate surface area is 126 Å². The number of furan rings is 1. The normalized spacial score (nSPS) is 11.0. The molecule has 0 aliphatic heterocycles. The predicted molar refractivity (Wildman–Crippen MR) is 77.3 cm³/mol. The van der Waals surface area contributed by atoms with E-state index in [1.165, 1.54) is 17.8 Å². The van der Waals surface area contributed by atoms with E-state index in [2.05, 4.69) is 4.98 Å². The first kappa shape index (κ1) is 14.9. The third-order valence-corrected chi connectivity index (χ3v) is 3.22. The van der Waals surface area contributed by atoms with Gasteiger partial charge in [-0.2, -0.15) is 5.26 Å². The van der Waals surface area contributed by atoms with Crippen molar-refractivity contribution in [2.24, 2.45) is 0 Å². The number of carbonyl (C=O) groups is 1. The van der Waals surface area contributed by atoms with Crippen LogP contribution < -0.4 is 0 Å². The van der Waals surface area contributed by atoms with Crippen LogP contribution in [0.25, 0.3) is 6.08 Å². The molecular weight excluding hydrogens is 288 g/mol. The highest BCUT2D eigenvalue weighted by atomic mass is 32.2. The molecule has 0 amide bonds. The van der Waals surface area contributed by atoms with Crippen LogP contribution in [0.2, 0.25) is 0 Å². The van der Waals surface area contributed by atoms with E-state index < -0.39 is 5.97 Å². The van der Waals surface area contributed by atoms with Gasteiger partial charge in [-0.3, -0.25) is 0 Å². The fraction of sp³-hybridized carbons (Fsp3) is 0.133. The van der Waals surface area contributed by atoms with E-state index in [4.69, 9.17) is 14.4 Å². The van der Waals surface area contributed by atoms with Crippen LogP contribution in [0.15, 0.2) is 56.6 Å². The Kier molecular flexibility index (Phi) is 5.18. The summed E-state index contributed by atoms with van der Waals surface area (Å²) in [6, 6.07) is 10.8. The maximum atomic E-state index is 11.5. The summed E-state index contributed by atoms with van der Waals surface area (Å²) in [4.78, 5) is 15.7. The first-order valence-electron chi connectivity index (χ1n) is 6.20. The molecule has 0 atom stereocenters. The third kappa shape index (κ3) is 4.23. The van der Waals surface area contributed by atoms with Crippen molar-refractivity contribution in [3.8, 4) is 6.07 Å². The lowest BCUT2D eigenvalue weighted by Crippen LogP contribution is -2.05. The molecule has 0 aliphatic rings. The molecule has 106 valence electrons. The Morgan fingerprint density at radius 1 is 1.48 bits per heavy atom. The summed E-state index contributed by atoms with van der Waals surface area (Å²) in [7, 11) is 0. The molecular formula is C15H12N2O3S. The summed E-state index contributed by atoms with van der Waals surface area (Å²) in [5.41, 5.74) is -0.0967. The number of hydrogen-bond acceptors (Lipinski definition) is 6. The number of nitriles is 1. The van der Waals surface area contributed by atoms with Crippen molar-refractivity contribution < 1.29 is 13.9 Å². The summed E-state index contributed by atoms with van der Waals surface area (Å²) in [5, 5.41) is 10.4. The maximum Gasteiger partial charge on any atom is 0.349 e. The van der Waals surface area contributed by atoms with E-state index in [0.29, 0.717) is 10.9 Å². The van der Waals surface area contributed by atoms with Crippen molar-refractivity contribution in [3.05, 3.63) is 47.9 Å². The minimum atomic E-state index is -0.657. The van der Waals surface area contributed by atoms with Gasteiger partial charge < -0.3 is 9.15 Å². The molecule has 6 heteroatoms. The van der Waals surface area contributed by atoms with Crippen LogP contribution in [0, 0.1) is 11.3 Å². The van der Waals surface area contributed by atoms with Gasteiger partial charge in [0.2, 0.25) is 0 Å². The summed E-state index contributed by atoms with van der Waals surface area (Å²) in [6.07, 6.45) is 3.06. The van der Waals surface area contributed by atoms with Gasteiger partial charge in [0.15, 0.2) is 5.09 Å². The van der Waals surface area contributed by atoms with Crippen LogP contribution in [0.3, 0.4) is 0 Å². The number of esters is 1. The number of ether oxygens (including phenoxy) is 1. The number of hydrogen-bond donors (Lipinski definition) is 0. The summed E-state index contributed by atoms with van der Waals surface area (Å²) in [6.45, 7) is 1.90. The van der Waals surface area contributed by atoms with Gasteiger partial charge in [-0.1, -0.05) is 6.07 Å². The Morgan fingerprint density at radius 2 is 2.33 bits per heavy atom. The molecule has 21 heavy (non-hydrogen) atoms. The molecule has 0 unspecified atom stereocenters. The topological polar surface area (TPSA) is 76.1 Å². The lowest BCUT2D eigenvalue weighted by Gasteiger charge is -1.98. The molecule has 0 saturated heterocycles. The van der Waals surface area contributed by atoms with Gasteiger partial charge in [0.1, 0.15) is 22.4 Å². The molecule has 0 saturated carbocycles. The van der Waals surface area contributed by atoms with Crippen molar-refractivity contribution in [2.45, 2.75) is 17.0 Å². The van der Waals surface area contributed by atoms with Gasteiger partial charge in [0.05, 0.1) is 6.61 Å². The van der Waals surface area contributed by atoms with Crippen molar-refractivity contribution in [3.63, 3.8) is 0 Å². The monoisotopic (exact) mass is 300 g/mol. The van der Waals surface area contributed by atoms with Crippen LogP contribution in [0.5, 0.6) is 0 Å². The Bertz CT molecular complexity index is 686. The molecule has 5 nitrogen and oxygen atoms in total. The Balaban J connectivity index is 2.12. The molecule has 0 radical (unpaired) electrons. The van der Waals surface area contributed by atoms with Crippen LogP contribution in [0.4, 0.5) is 0 Å². The Morgan fingerprint density at radius 3 is 3.00 bits per heavy atom. The standard InChI is InChI=1S/C15H12N2O3S/c1-2-19-15(18)11(10-16)9-12-6-7-14(20-12)21-13-5-3-4-8-17-13/h3-9H,2H2,1H3/b11-9+. The van der Waals surface area contributed by atoms with Crippen molar-refractivity contribution in [1.82, 2.24) is 4.98 Å². The number of carbonyl (C=O) groups excluding carboxylic acids is 1. The summed E-state index contributed by atoms with van der Waals surface area (Å²) >= 11 is 1.36. The zero-order valence-corrected chi connectivity index (χ0v) is 12.1. The molecule has 0 fully saturated rings. The largest absolute Gasteiger partial charge is 0.462 e. The fourth-order valence-corrected chi connectivity index (χ4v) is 2.21. The average molecular weight is 300 g/mol. The predicted octanol–water partition coefficient (Wildman–Crippen LogP) is 3.30. The zero-order chi connectivity index (χ0) is 15.1. The van der Waals surface area contributed by atoms with Gasteiger partial charge in [-0.15, -0.1) is 0 Å². The van der Waals surface area contributed by atoms with Gasteiger partial charge in [0, 0.05) is 12.3 Å². The second-order valence-electron chi connectivity index (χ2n) is 3.82. The number of pyridine rings is 1. The molecule has 0 N–H and O–H groups in total. The SMILES string of the molecule is CCOC(=O)/C(C#N)=C/c1ccc(Sc2ccccn2)o1. The van der Waals surface area contributed by atoms with Crippen molar-refractivity contribution in [1.29, 1.82) is 5.26 Å². The number of nitrogens with zero attached hydrogens (tertiary/aromatic N) is 2. The zero-order valence-electron chi connectivity index (χ0n) is 11.3. The minimum Gasteiger partial charge on any atom is -0.462 e. The van der Waals surface area contributed by atoms with E-state index in [1.807, 2.05) is 18.2 Å². The molecule has 0 spiro atoms. The van der Waals surface area contributed by atoms with E-state index in [1.54, 1.807) is 31.3 Å². The first-order chi connectivity index (χ1) is 10.2. The van der Waals surface area contributed by atoms with Crippen molar-refractivity contribution in [2.75, 3.05) is 6.61 Å². The third-order valence-electron chi connectivity index (χ3n) is 2.35. The highest BCUT2D eigenvalue weighted by Crippen LogP contribution is 2.28. The summed E-state index contributed by atoms with van der Waals surface area (Å²) < 4.78 is 10.3. The first-order valence-corrected chi connectivity index (χ1v) is 7.02. The molecule has 2 rings (SSSR count). The molecule has 0 aliphatic carbocycles. The average Bonchev–Trinajstić information content (AvgIpc) is 2.93. The van der Waals surface area contributed by atoms with E-state index in [0.717, 1.165) is 5.03 Å². The van der Waals surface area contributed by atoms with Crippen LogP contribution >= 0.6 is 11.8 Å². The molecule has 0 aromatic carbocycles. The highest BCUT2D eigenvalue weighted by Gasteiger charge is 2.11. The maximum absolute atomic E-state index is 11.5. The fourth-order valence-electron chi connectivity index (χ4n) is 1.47. The second-order valence-corrected chi connectivity index (χ2v) is 4.84. The molecule has 0 bridgehead atoms. The van der Waals surface area contributed by atoms with E-state index >= 15 is 0 Å². The lowest BCUT2D eigenvalue weighted by molar-refractivity contribution is -0.137. The highest BCUT2D eigenvalue weighted by molar-refractivity contribution is 7.99. The molecule has 2 aromatic rings. The molecule has 2 aromatic heterocycles. The molecule has 2 heterocycles. The second kappa shape index (κ2) is 7.31. The van der Waals surface area contributed by atoms with E-state index in [-0.39, 0.29) is 12.2 Å². The van der Waals surface area contributed by atoms with Crippen LogP contribution in [-0.4, -0.2) is 17.6 Å². The quantitative estimate of drug-likeness (QED) is 0.479. The lowest BCUT2D eigenvalue weighted by atomic mass is 10.2. The minimum absolute atomic E-state index is 0.0967. The number of rotatable bonds is 5. The van der Waals surface area contributed by atoms with Crippen LogP contribution in [-0.2, 0) is 9.53 Å².